The van der Waals surface area contributed by atoms with Gasteiger partial charge in [0.05, 0.1) is 11.5 Å². The zero-order chi connectivity index (χ0) is 22.4. The Labute approximate surface area is 184 Å². The Hall–Kier alpha value is -1.77. The van der Waals surface area contributed by atoms with Crippen molar-refractivity contribution in [1.82, 2.24) is 0 Å². The van der Waals surface area contributed by atoms with Gasteiger partial charge in [0.2, 0.25) is 0 Å². The molecular formula is C23H28F2O7. The molecular weight excluding hydrogens is 426 g/mol. The summed E-state index contributed by atoms with van der Waals surface area (Å²) in [7, 11) is 0. The summed E-state index contributed by atoms with van der Waals surface area (Å²) in [5, 5.41) is 0. The first-order chi connectivity index (χ1) is 15.1. The highest BCUT2D eigenvalue weighted by Crippen LogP contribution is 2.58. The molecule has 0 spiro atoms. The summed E-state index contributed by atoms with van der Waals surface area (Å²) < 4.78 is 49.2. The van der Waals surface area contributed by atoms with Gasteiger partial charge in [-0.25, -0.2) is 9.59 Å². The summed E-state index contributed by atoms with van der Waals surface area (Å²) in [6.45, 7) is 0.381. The molecule has 0 aromatic carbocycles. The molecule has 0 N–H and O–H groups in total. The number of hydrogen-bond acceptors (Lipinski definition) is 7. The van der Waals surface area contributed by atoms with E-state index in [1.54, 1.807) is 0 Å². The molecule has 7 unspecified atom stereocenters. The number of halogens is 2. The van der Waals surface area contributed by atoms with Gasteiger partial charge in [-0.15, -0.1) is 0 Å². The van der Waals surface area contributed by atoms with E-state index in [2.05, 4.69) is 0 Å². The Morgan fingerprint density at radius 1 is 1.03 bits per heavy atom. The van der Waals surface area contributed by atoms with Crippen molar-refractivity contribution in [3.05, 3.63) is 0 Å². The van der Waals surface area contributed by atoms with Crippen molar-refractivity contribution < 1.29 is 42.1 Å². The molecule has 0 radical (unpaired) electrons. The van der Waals surface area contributed by atoms with Crippen LogP contribution in [0.1, 0.15) is 51.9 Å². The molecule has 7 rings (SSSR count). The third-order valence-electron chi connectivity index (χ3n) is 8.91. The molecule has 0 aromatic heterocycles. The van der Waals surface area contributed by atoms with Gasteiger partial charge in [0.1, 0.15) is 24.9 Å². The number of alkyl halides is 2. The van der Waals surface area contributed by atoms with E-state index in [0.29, 0.717) is 25.7 Å². The normalized spacial score (nSPS) is 47.6. The molecule has 6 aliphatic carbocycles. The molecule has 0 aromatic rings. The molecule has 1 aliphatic heterocycles. The Morgan fingerprint density at radius 3 is 2.44 bits per heavy atom. The van der Waals surface area contributed by atoms with Crippen LogP contribution in [0, 0.1) is 35.5 Å². The van der Waals surface area contributed by atoms with Gasteiger partial charge in [0.15, 0.2) is 0 Å². The Morgan fingerprint density at radius 2 is 1.75 bits per heavy atom. The minimum atomic E-state index is -3.50. The monoisotopic (exact) mass is 454 g/mol. The highest BCUT2D eigenvalue weighted by atomic mass is 19.3. The van der Waals surface area contributed by atoms with E-state index in [1.807, 2.05) is 0 Å². The number of rotatable bonds is 6. The molecule has 7 fully saturated rings. The molecule has 32 heavy (non-hydrogen) atoms. The van der Waals surface area contributed by atoms with E-state index < -0.39 is 29.6 Å². The van der Waals surface area contributed by atoms with Gasteiger partial charge in [-0.1, -0.05) is 0 Å². The molecule has 0 amide bonds. The lowest BCUT2D eigenvalue weighted by atomic mass is 9.53. The average molecular weight is 454 g/mol. The largest absolute Gasteiger partial charge is 0.458 e. The maximum Gasteiger partial charge on any atom is 0.376 e. The van der Waals surface area contributed by atoms with Crippen molar-refractivity contribution in [2.45, 2.75) is 81.7 Å². The lowest BCUT2D eigenvalue weighted by Gasteiger charge is -2.58. The number of carbonyl (C=O) groups is 3. The summed E-state index contributed by atoms with van der Waals surface area (Å²) in [5.41, 5.74) is -0.493. The fourth-order valence-electron chi connectivity index (χ4n) is 7.96. The molecule has 6 saturated carbocycles. The number of carbonyl (C=O) groups excluding carboxylic acids is 3. The fraction of sp³-hybridized carbons (Fsp3) is 0.870. The van der Waals surface area contributed by atoms with Crippen molar-refractivity contribution in [2.24, 2.45) is 35.5 Å². The van der Waals surface area contributed by atoms with E-state index in [-0.39, 0.29) is 54.4 Å². The highest BCUT2D eigenvalue weighted by molar-refractivity contribution is 5.77. The van der Waals surface area contributed by atoms with Gasteiger partial charge in [0, 0.05) is 18.8 Å². The van der Waals surface area contributed by atoms with Crippen molar-refractivity contribution in [1.29, 1.82) is 0 Å². The molecule has 7 atom stereocenters. The Balaban J connectivity index is 1.06. The van der Waals surface area contributed by atoms with Gasteiger partial charge in [-0.3, -0.25) is 4.79 Å². The second-order valence-electron chi connectivity index (χ2n) is 11.1. The second kappa shape index (κ2) is 6.87. The quantitative estimate of drug-likeness (QED) is 0.450. The van der Waals surface area contributed by atoms with Gasteiger partial charge < -0.3 is 18.9 Å². The SMILES string of the molecule is CC(F)(F)C(=O)OC1C2CC3CC1CC(OCC(=O)OC1C4CC5C(=O)OC1C5C4)(C3)C2. The highest BCUT2D eigenvalue weighted by Gasteiger charge is 2.63. The summed E-state index contributed by atoms with van der Waals surface area (Å²) in [4.78, 5) is 36.3. The van der Waals surface area contributed by atoms with Crippen LogP contribution in [-0.2, 0) is 33.3 Å². The standard InChI is InChI=1S/C23H28F2O7/c1-22(24,25)21(28)32-17-12-2-10-3-13(17)8-23(6-10,7-12)29-9-16(26)30-18-11-4-14-15(5-11)20(27)31-19(14)18/h10-15,17-19H,2-9H2,1H3. The minimum Gasteiger partial charge on any atom is -0.458 e. The van der Waals surface area contributed by atoms with Crippen LogP contribution in [0.15, 0.2) is 0 Å². The van der Waals surface area contributed by atoms with Gasteiger partial charge in [-0.05, 0) is 62.7 Å². The number of esters is 3. The number of hydrogen-bond donors (Lipinski definition) is 0. The van der Waals surface area contributed by atoms with Crippen LogP contribution >= 0.6 is 0 Å². The van der Waals surface area contributed by atoms with Gasteiger partial charge >= 0.3 is 23.8 Å². The van der Waals surface area contributed by atoms with Crippen LogP contribution < -0.4 is 0 Å². The molecule has 1 heterocycles. The molecule has 7 nitrogen and oxygen atoms in total. The number of fused-ring (bicyclic) bond motifs is 1. The van der Waals surface area contributed by atoms with E-state index in [0.717, 1.165) is 32.1 Å². The van der Waals surface area contributed by atoms with E-state index >= 15 is 0 Å². The third-order valence-corrected chi connectivity index (χ3v) is 8.91. The summed E-state index contributed by atoms with van der Waals surface area (Å²) >= 11 is 0. The van der Waals surface area contributed by atoms with Crippen LogP contribution in [0.5, 0.6) is 0 Å². The topological polar surface area (TPSA) is 88.1 Å². The number of ether oxygens (including phenoxy) is 4. The van der Waals surface area contributed by atoms with Gasteiger partial charge in [-0.2, -0.15) is 8.78 Å². The minimum absolute atomic E-state index is 0.0241. The van der Waals surface area contributed by atoms with Crippen LogP contribution in [-0.4, -0.2) is 54.4 Å². The molecule has 176 valence electrons. The maximum atomic E-state index is 13.3. The first-order valence-electron chi connectivity index (χ1n) is 11.7. The van der Waals surface area contributed by atoms with Crippen LogP contribution in [0.4, 0.5) is 8.78 Å². The Bertz CT molecular complexity index is 838. The zero-order valence-electron chi connectivity index (χ0n) is 18.0. The lowest BCUT2D eigenvalue weighted by molar-refractivity contribution is -0.226. The second-order valence-corrected chi connectivity index (χ2v) is 11.1. The predicted molar refractivity (Wildman–Crippen MR) is 102 cm³/mol. The van der Waals surface area contributed by atoms with E-state index in [9.17, 15) is 23.2 Å². The van der Waals surface area contributed by atoms with Crippen molar-refractivity contribution in [3.63, 3.8) is 0 Å². The molecule has 6 bridgehead atoms. The van der Waals surface area contributed by atoms with E-state index in [4.69, 9.17) is 18.9 Å². The zero-order valence-corrected chi connectivity index (χ0v) is 18.0. The Kier molecular flexibility index (Phi) is 4.47. The van der Waals surface area contributed by atoms with Crippen molar-refractivity contribution in [2.75, 3.05) is 6.61 Å². The van der Waals surface area contributed by atoms with Crippen molar-refractivity contribution in [3.8, 4) is 0 Å². The van der Waals surface area contributed by atoms with E-state index in [1.165, 1.54) is 0 Å². The van der Waals surface area contributed by atoms with Gasteiger partial charge in [0.25, 0.3) is 0 Å². The fourth-order valence-corrected chi connectivity index (χ4v) is 7.96. The third kappa shape index (κ3) is 3.17. The summed E-state index contributed by atoms with van der Waals surface area (Å²) in [6.07, 6.45) is 4.07. The van der Waals surface area contributed by atoms with Crippen LogP contribution in [0.3, 0.4) is 0 Å². The van der Waals surface area contributed by atoms with Crippen molar-refractivity contribution >= 4 is 17.9 Å². The lowest BCUT2D eigenvalue weighted by Crippen LogP contribution is -2.59. The molecule has 7 aliphatic rings. The molecule has 1 saturated heterocycles. The average Bonchev–Trinajstić information content (AvgIpc) is 3.33. The predicted octanol–water partition coefficient (Wildman–Crippen LogP) is 2.64. The summed E-state index contributed by atoms with van der Waals surface area (Å²) in [5.74, 6) is -4.92. The molecule has 9 heteroatoms. The first-order valence-corrected chi connectivity index (χ1v) is 11.7. The van der Waals surface area contributed by atoms with Crippen LogP contribution in [0.2, 0.25) is 0 Å². The summed E-state index contributed by atoms with van der Waals surface area (Å²) in [6, 6.07) is 0. The van der Waals surface area contributed by atoms with Crippen LogP contribution in [0.25, 0.3) is 0 Å². The first kappa shape index (κ1) is 20.8. The smallest absolute Gasteiger partial charge is 0.376 e. The maximum absolute atomic E-state index is 13.3.